The number of carbonyl (C=O) groups excluding carboxylic acids is 1. The summed E-state index contributed by atoms with van der Waals surface area (Å²) >= 11 is 1.58. The topological polar surface area (TPSA) is 41.9 Å². The number of amidine groups is 1. The Morgan fingerprint density at radius 1 is 1.04 bits per heavy atom. The molecule has 0 fully saturated rings. The molecule has 134 valence electrons. The number of hydrogen-bond acceptors (Lipinski definition) is 4. The average molecular weight is 374 g/mol. The normalized spacial score (nSPS) is 15.3. The summed E-state index contributed by atoms with van der Waals surface area (Å²) in [6.45, 7) is 2.04. The van der Waals surface area contributed by atoms with Gasteiger partial charge in [0.15, 0.2) is 0 Å². The second-order valence-electron chi connectivity index (χ2n) is 6.19. The molecule has 4 nitrogen and oxygen atoms in total. The predicted molar refractivity (Wildman–Crippen MR) is 110 cm³/mol. The number of aliphatic imine (C=N–C) groups is 1. The minimum atomic E-state index is -0.135. The Balaban J connectivity index is 1.80. The van der Waals surface area contributed by atoms with Crippen molar-refractivity contribution in [2.24, 2.45) is 4.99 Å². The number of methoxy groups -OCH3 is 1. The number of ether oxygens (including phenoxy) is 1. The molecule has 0 aliphatic carbocycles. The van der Waals surface area contributed by atoms with Crippen molar-refractivity contribution >= 4 is 34.8 Å². The summed E-state index contributed by atoms with van der Waals surface area (Å²) in [7, 11) is 1.62. The number of rotatable bonds is 4. The molecule has 0 unspecified atom stereocenters. The molecule has 2 aromatic carbocycles. The van der Waals surface area contributed by atoms with Crippen LogP contribution in [0.5, 0.6) is 5.75 Å². The molecule has 0 saturated carbocycles. The number of hydrogen-bond donors (Lipinski definition) is 0. The first-order valence-electron chi connectivity index (χ1n) is 8.55. The fourth-order valence-electron chi connectivity index (χ4n) is 2.89. The lowest BCUT2D eigenvalue weighted by atomic mass is 10.1. The Morgan fingerprint density at radius 3 is 2.41 bits per heavy atom. The summed E-state index contributed by atoms with van der Waals surface area (Å²) in [4.78, 5) is 20.5. The largest absolute Gasteiger partial charge is 0.497 e. The van der Waals surface area contributed by atoms with Gasteiger partial charge in [0.2, 0.25) is 0 Å². The molecule has 3 aromatic rings. The molecule has 27 heavy (non-hydrogen) atoms. The van der Waals surface area contributed by atoms with Gasteiger partial charge in [0.1, 0.15) is 17.3 Å². The van der Waals surface area contributed by atoms with E-state index in [9.17, 15) is 4.79 Å². The van der Waals surface area contributed by atoms with Gasteiger partial charge in [-0.3, -0.25) is 9.69 Å². The third-order valence-electron chi connectivity index (χ3n) is 4.32. The SMILES string of the molecule is COc1ccc(N2C(=O)/C(=C\c3cccs3)N=C2c2ccc(C)cc2)cc1. The van der Waals surface area contributed by atoms with Crippen molar-refractivity contribution in [2.45, 2.75) is 6.92 Å². The highest BCUT2D eigenvalue weighted by Gasteiger charge is 2.32. The third kappa shape index (κ3) is 3.41. The van der Waals surface area contributed by atoms with Gasteiger partial charge in [-0.05, 0) is 48.7 Å². The minimum Gasteiger partial charge on any atom is -0.497 e. The van der Waals surface area contributed by atoms with Gasteiger partial charge in [-0.15, -0.1) is 11.3 Å². The average Bonchev–Trinajstić information content (AvgIpc) is 3.31. The van der Waals surface area contributed by atoms with E-state index in [1.807, 2.05) is 79.0 Å². The summed E-state index contributed by atoms with van der Waals surface area (Å²) < 4.78 is 5.23. The number of nitrogens with zero attached hydrogens (tertiary/aromatic N) is 2. The standard InChI is InChI=1S/C22H18N2O2S/c1-15-5-7-16(8-6-15)21-23-20(14-19-4-3-13-27-19)22(25)24(21)17-9-11-18(26-2)12-10-17/h3-14H,1-2H3/b20-14+. The van der Waals surface area contributed by atoms with Crippen LogP contribution in [0.15, 0.2) is 76.7 Å². The van der Waals surface area contributed by atoms with E-state index in [1.165, 1.54) is 0 Å². The van der Waals surface area contributed by atoms with Gasteiger partial charge in [-0.2, -0.15) is 0 Å². The van der Waals surface area contributed by atoms with Gasteiger partial charge in [0, 0.05) is 10.4 Å². The molecule has 2 heterocycles. The second-order valence-corrected chi connectivity index (χ2v) is 7.16. The van der Waals surface area contributed by atoms with Gasteiger partial charge in [0.25, 0.3) is 5.91 Å². The van der Waals surface area contributed by atoms with Crippen LogP contribution >= 0.6 is 11.3 Å². The van der Waals surface area contributed by atoms with Crippen molar-refractivity contribution in [3.05, 3.63) is 87.7 Å². The van der Waals surface area contributed by atoms with Crippen molar-refractivity contribution in [1.29, 1.82) is 0 Å². The lowest BCUT2D eigenvalue weighted by Crippen LogP contribution is -2.32. The number of aryl methyl sites for hydroxylation is 1. The fourth-order valence-corrected chi connectivity index (χ4v) is 3.54. The number of benzene rings is 2. The van der Waals surface area contributed by atoms with Crippen LogP contribution in [-0.2, 0) is 4.79 Å². The van der Waals surface area contributed by atoms with Crippen molar-refractivity contribution in [3.8, 4) is 5.75 Å². The predicted octanol–water partition coefficient (Wildman–Crippen LogP) is 4.90. The van der Waals surface area contributed by atoms with E-state index in [0.717, 1.165) is 27.4 Å². The second kappa shape index (κ2) is 7.21. The molecule has 1 amide bonds. The fraction of sp³-hybridized carbons (Fsp3) is 0.0909. The van der Waals surface area contributed by atoms with Crippen LogP contribution in [-0.4, -0.2) is 18.9 Å². The quantitative estimate of drug-likeness (QED) is 0.610. The Labute approximate surface area is 162 Å². The van der Waals surface area contributed by atoms with E-state index in [1.54, 1.807) is 23.3 Å². The van der Waals surface area contributed by atoms with Gasteiger partial charge in [-0.25, -0.2) is 4.99 Å². The van der Waals surface area contributed by atoms with Crippen LogP contribution in [0.1, 0.15) is 16.0 Å². The molecule has 1 aromatic heterocycles. The number of thiophene rings is 1. The van der Waals surface area contributed by atoms with Gasteiger partial charge < -0.3 is 4.74 Å². The Morgan fingerprint density at radius 2 is 1.78 bits per heavy atom. The van der Waals surface area contributed by atoms with Gasteiger partial charge >= 0.3 is 0 Å². The van der Waals surface area contributed by atoms with Crippen LogP contribution in [0, 0.1) is 6.92 Å². The van der Waals surface area contributed by atoms with Crippen molar-refractivity contribution < 1.29 is 9.53 Å². The third-order valence-corrected chi connectivity index (χ3v) is 5.14. The molecule has 0 bridgehead atoms. The van der Waals surface area contributed by atoms with Crippen LogP contribution in [0.3, 0.4) is 0 Å². The Kier molecular flexibility index (Phi) is 4.60. The van der Waals surface area contributed by atoms with E-state index in [0.29, 0.717) is 11.5 Å². The molecule has 0 radical (unpaired) electrons. The van der Waals surface area contributed by atoms with Crippen LogP contribution in [0.25, 0.3) is 6.08 Å². The molecule has 1 aliphatic heterocycles. The van der Waals surface area contributed by atoms with Crippen LogP contribution in [0.2, 0.25) is 0 Å². The maximum Gasteiger partial charge on any atom is 0.282 e. The van der Waals surface area contributed by atoms with Crippen LogP contribution < -0.4 is 9.64 Å². The first kappa shape index (κ1) is 17.2. The van der Waals surface area contributed by atoms with E-state index in [-0.39, 0.29) is 5.91 Å². The molecular formula is C22H18N2O2S. The lowest BCUT2D eigenvalue weighted by molar-refractivity contribution is -0.113. The van der Waals surface area contributed by atoms with Crippen molar-refractivity contribution in [3.63, 3.8) is 0 Å². The maximum atomic E-state index is 13.2. The maximum absolute atomic E-state index is 13.2. The van der Waals surface area contributed by atoms with E-state index in [2.05, 4.69) is 4.99 Å². The highest BCUT2D eigenvalue weighted by molar-refractivity contribution is 7.10. The highest BCUT2D eigenvalue weighted by atomic mass is 32.1. The number of amides is 1. The van der Waals surface area contributed by atoms with E-state index < -0.39 is 0 Å². The molecule has 0 N–H and O–H groups in total. The number of carbonyl (C=O) groups is 1. The summed E-state index contributed by atoms with van der Waals surface area (Å²) in [6, 6.07) is 19.4. The van der Waals surface area contributed by atoms with Crippen LogP contribution in [0.4, 0.5) is 5.69 Å². The molecule has 5 heteroatoms. The van der Waals surface area contributed by atoms with E-state index in [4.69, 9.17) is 4.74 Å². The zero-order chi connectivity index (χ0) is 18.8. The number of anilines is 1. The van der Waals surface area contributed by atoms with Gasteiger partial charge in [0.05, 0.1) is 12.8 Å². The molecule has 0 atom stereocenters. The molecule has 0 spiro atoms. The van der Waals surface area contributed by atoms with Crippen molar-refractivity contribution in [1.82, 2.24) is 0 Å². The molecule has 0 saturated heterocycles. The first-order valence-corrected chi connectivity index (χ1v) is 9.43. The Bertz CT molecular complexity index is 1020. The monoisotopic (exact) mass is 374 g/mol. The summed E-state index contributed by atoms with van der Waals surface area (Å²) in [5, 5.41) is 1.98. The van der Waals surface area contributed by atoms with Gasteiger partial charge in [-0.1, -0.05) is 35.9 Å². The molecular weight excluding hydrogens is 356 g/mol. The van der Waals surface area contributed by atoms with E-state index >= 15 is 0 Å². The minimum absolute atomic E-state index is 0.135. The highest BCUT2D eigenvalue weighted by Crippen LogP contribution is 2.29. The molecule has 4 rings (SSSR count). The molecule has 1 aliphatic rings. The summed E-state index contributed by atoms with van der Waals surface area (Å²) in [5.41, 5.74) is 3.26. The Hall–Kier alpha value is -3.18. The summed E-state index contributed by atoms with van der Waals surface area (Å²) in [5.74, 6) is 1.24. The lowest BCUT2D eigenvalue weighted by Gasteiger charge is -2.19. The first-order chi connectivity index (χ1) is 13.2. The zero-order valence-corrected chi connectivity index (χ0v) is 15.9. The zero-order valence-electron chi connectivity index (χ0n) is 15.0. The smallest absolute Gasteiger partial charge is 0.282 e. The van der Waals surface area contributed by atoms with Crippen molar-refractivity contribution in [2.75, 3.05) is 12.0 Å². The summed E-state index contributed by atoms with van der Waals surface area (Å²) in [6.07, 6.45) is 1.84.